The third-order valence-corrected chi connectivity index (χ3v) is 3.30. The molecule has 1 aliphatic rings. The summed E-state index contributed by atoms with van der Waals surface area (Å²) in [6, 6.07) is 6.09. The Labute approximate surface area is 112 Å². The maximum absolute atomic E-state index is 11.9. The van der Waals surface area contributed by atoms with E-state index in [4.69, 9.17) is 5.11 Å². The smallest absolute Gasteiger partial charge is 0.335 e. The highest BCUT2D eigenvalue weighted by molar-refractivity contribution is 5.97. The predicted molar refractivity (Wildman–Crippen MR) is 72.2 cm³/mol. The van der Waals surface area contributed by atoms with Crippen LogP contribution in [-0.4, -0.2) is 23.5 Å². The van der Waals surface area contributed by atoms with E-state index >= 15 is 0 Å². The first-order valence-electron chi connectivity index (χ1n) is 6.43. The van der Waals surface area contributed by atoms with Crippen LogP contribution in [0.3, 0.4) is 0 Å². The van der Waals surface area contributed by atoms with Crippen molar-refractivity contribution in [3.05, 3.63) is 47.5 Å². The van der Waals surface area contributed by atoms with Crippen molar-refractivity contribution < 1.29 is 14.7 Å². The number of aromatic carboxylic acids is 1. The molecule has 1 unspecified atom stereocenters. The molecule has 4 heteroatoms. The van der Waals surface area contributed by atoms with Crippen molar-refractivity contribution in [2.45, 2.75) is 19.3 Å². The summed E-state index contributed by atoms with van der Waals surface area (Å²) in [5.41, 5.74) is 0.527. The van der Waals surface area contributed by atoms with Crippen molar-refractivity contribution in [1.29, 1.82) is 0 Å². The number of carboxylic acids is 1. The SMILES string of the molecule is O=C(O)c1cccc(C(=O)NCC2CC=CCC2)c1. The van der Waals surface area contributed by atoms with Gasteiger partial charge in [-0.25, -0.2) is 4.79 Å². The van der Waals surface area contributed by atoms with Crippen LogP contribution >= 0.6 is 0 Å². The Hall–Kier alpha value is -2.10. The zero-order valence-electron chi connectivity index (χ0n) is 10.6. The van der Waals surface area contributed by atoms with E-state index in [1.165, 1.54) is 12.1 Å². The zero-order chi connectivity index (χ0) is 13.7. The van der Waals surface area contributed by atoms with Crippen LogP contribution in [0.5, 0.6) is 0 Å². The van der Waals surface area contributed by atoms with Crippen LogP contribution in [0.15, 0.2) is 36.4 Å². The quantitative estimate of drug-likeness (QED) is 0.816. The first-order valence-corrected chi connectivity index (χ1v) is 6.43. The molecule has 19 heavy (non-hydrogen) atoms. The van der Waals surface area contributed by atoms with E-state index in [0.29, 0.717) is 18.0 Å². The monoisotopic (exact) mass is 259 g/mol. The Balaban J connectivity index is 1.94. The van der Waals surface area contributed by atoms with E-state index in [-0.39, 0.29) is 11.5 Å². The lowest BCUT2D eigenvalue weighted by Crippen LogP contribution is -2.29. The van der Waals surface area contributed by atoms with Crippen LogP contribution in [0.2, 0.25) is 0 Å². The van der Waals surface area contributed by atoms with Gasteiger partial charge < -0.3 is 10.4 Å². The number of rotatable bonds is 4. The molecule has 1 atom stereocenters. The highest BCUT2D eigenvalue weighted by atomic mass is 16.4. The molecule has 1 amide bonds. The molecular weight excluding hydrogens is 242 g/mol. The summed E-state index contributed by atoms with van der Waals surface area (Å²) < 4.78 is 0. The first kappa shape index (κ1) is 13.3. The van der Waals surface area contributed by atoms with Gasteiger partial charge in [-0.05, 0) is 43.4 Å². The summed E-state index contributed by atoms with van der Waals surface area (Å²) in [4.78, 5) is 22.8. The Morgan fingerprint density at radius 3 is 2.74 bits per heavy atom. The van der Waals surface area contributed by atoms with Gasteiger partial charge in [-0.3, -0.25) is 4.79 Å². The molecule has 1 aromatic carbocycles. The Bertz CT molecular complexity index is 508. The summed E-state index contributed by atoms with van der Waals surface area (Å²) >= 11 is 0. The van der Waals surface area contributed by atoms with Crippen molar-refractivity contribution in [1.82, 2.24) is 5.32 Å². The Morgan fingerprint density at radius 2 is 2.05 bits per heavy atom. The highest BCUT2D eigenvalue weighted by Gasteiger charge is 2.13. The lowest BCUT2D eigenvalue weighted by Gasteiger charge is -2.18. The van der Waals surface area contributed by atoms with Gasteiger partial charge in [0.05, 0.1) is 5.56 Å². The molecule has 2 rings (SSSR count). The molecule has 0 saturated heterocycles. The third-order valence-electron chi connectivity index (χ3n) is 3.30. The summed E-state index contributed by atoms with van der Waals surface area (Å²) in [5, 5.41) is 11.8. The minimum absolute atomic E-state index is 0.133. The highest BCUT2D eigenvalue weighted by Crippen LogP contribution is 2.17. The third kappa shape index (κ3) is 3.68. The van der Waals surface area contributed by atoms with Gasteiger partial charge in [0, 0.05) is 12.1 Å². The first-order chi connectivity index (χ1) is 9.16. The lowest BCUT2D eigenvalue weighted by atomic mass is 9.94. The average molecular weight is 259 g/mol. The molecule has 0 fully saturated rings. The van der Waals surface area contributed by atoms with Crippen LogP contribution in [0.25, 0.3) is 0 Å². The minimum Gasteiger partial charge on any atom is -0.478 e. The van der Waals surface area contributed by atoms with Crippen LogP contribution < -0.4 is 5.32 Å². The fourth-order valence-electron chi connectivity index (χ4n) is 2.17. The number of benzene rings is 1. The molecule has 0 aliphatic heterocycles. The predicted octanol–water partition coefficient (Wildman–Crippen LogP) is 2.47. The largest absolute Gasteiger partial charge is 0.478 e. The molecule has 1 aliphatic carbocycles. The summed E-state index contributed by atoms with van der Waals surface area (Å²) in [7, 11) is 0. The van der Waals surface area contributed by atoms with Crippen molar-refractivity contribution in [3.8, 4) is 0 Å². The van der Waals surface area contributed by atoms with E-state index in [1.807, 2.05) is 0 Å². The number of carbonyl (C=O) groups is 2. The van der Waals surface area contributed by atoms with Crippen LogP contribution in [-0.2, 0) is 0 Å². The Morgan fingerprint density at radius 1 is 1.26 bits per heavy atom. The van der Waals surface area contributed by atoms with Gasteiger partial charge in [0.2, 0.25) is 0 Å². The number of carboxylic acid groups (broad SMARTS) is 1. The minimum atomic E-state index is -1.02. The van der Waals surface area contributed by atoms with Gasteiger partial charge in [0.1, 0.15) is 0 Å². The van der Waals surface area contributed by atoms with Gasteiger partial charge in [0.25, 0.3) is 5.91 Å². The van der Waals surface area contributed by atoms with Gasteiger partial charge in [0.15, 0.2) is 0 Å². The Kier molecular flexibility index (Phi) is 4.34. The second kappa shape index (κ2) is 6.18. The average Bonchev–Trinajstić information content (AvgIpc) is 2.46. The van der Waals surface area contributed by atoms with Crippen molar-refractivity contribution in [3.63, 3.8) is 0 Å². The number of carbonyl (C=O) groups excluding carboxylic acids is 1. The van der Waals surface area contributed by atoms with E-state index in [9.17, 15) is 9.59 Å². The molecule has 4 nitrogen and oxygen atoms in total. The number of nitrogens with one attached hydrogen (secondary N) is 1. The van der Waals surface area contributed by atoms with Crippen LogP contribution in [0, 0.1) is 5.92 Å². The second-order valence-electron chi connectivity index (χ2n) is 4.75. The molecular formula is C15H17NO3. The standard InChI is InChI=1S/C15H17NO3/c17-14(16-10-11-5-2-1-3-6-11)12-7-4-8-13(9-12)15(18)19/h1-2,4,7-9,11H,3,5-6,10H2,(H,16,17)(H,18,19). The summed E-state index contributed by atoms with van der Waals surface area (Å²) in [5.74, 6) is -0.749. The van der Waals surface area contributed by atoms with Crippen LogP contribution in [0.4, 0.5) is 0 Å². The maximum atomic E-state index is 11.9. The second-order valence-corrected chi connectivity index (χ2v) is 4.75. The van der Waals surface area contributed by atoms with Crippen molar-refractivity contribution >= 4 is 11.9 Å². The fourth-order valence-corrected chi connectivity index (χ4v) is 2.17. The van der Waals surface area contributed by atoms with E-state index < -0.39 is 5.97 Å². The number of hydrogen-bond donors (Lipinski definition) is 2. The number of allylic oxidation sites excluding steroid dienone is 2. The molecule has 100 valence electrons. The van der Waals surface area contributed by atoms with E-state index in [2.05, 4.69) is 17.5 Å². The number of amides is 1. The summed E-state index contributed by atoms with van der Waals surface area (Å²) in [6.45, 7) is 0.639. The van der Waals surface area contributed by atoms with Crippen molar-refractivity contribution in [2.75, 3.05) is 6.54 Å². The van der Waals surface area contributed by atoms with Crippen LogP contribution in [0.1, 0.15) is 40.0 Å². The molecule has 0 heterocycles. The van der Waals surface area contributed by atoms with Gasteiger partial charge in [-0.15, -0.1) is 0 Å². The molecule has 0 saturated carbocycles. The van der Waals surface area contributed by atoms with E-state index in [0.717, 1.165) is 19.3 Å². The molecule has 0 radical (unpaired) electrons. The molecule has 1 aromatic rings. The van der Waals surface area contributed by atoms with Gasteiger partial charge >= 0.3 is 5.97 Å². The molecule has 0 spiro atoms. The number of hydrogen-bond acceptors (Lipinski definition) is 2. The topological polar surface area (TPSA) is 66.4 Å². The van der Waals surface area contributed by atoms with E-state index in [1.54, 1.807) is 12.1 Å². The van der Waals surface area contributed by atoms with Gasteiger partial charge in [-0.2, -0.15) is 0 Å². The zero-order valence-corrected chi connectivity index (χ0v) is 10.6. The summed E-state index contributed by atoms with van der Waals surface area (Å²) in [6.07, 6.45) is 7.45. The molecule has 2 N–H and O–H groups in total. The lowest BCUT2D eigenvalue weighted by molar-refractivity contribution is 0.0697. The fraction of sp³-hybridized carbons (Fsp3) is 0.333. The van der Waals surface area contributed by atoms with Crippen molar-refractivity contribution in [2.24, 2.45) is 5.92 Å². The maximum Gasteiger partial charge on any atom is 0.335 e. The normalized spacial score (nSPS) is 18.0. The van der Waals surface area contributed by atoms with Gasteiger partial charge in [-0.1, -0.05) is 18.2 Å². The molecule has 0 bridgehead atoms. The molecule has 0 aromatic heterocycles.